The first-order valence-electron chi connectivity index (χ1n) is 13.2. The van der Waals surface area contributed by atoms with Gasteiger partial charge >= 0.3 is 6.03 Å². The van der Waals surface area contributed by atoms with E-state index in [4.69, 9.17) is 4.74 Å². The van der Waals surface area contributed by atoms with Crippen LogP contribution < -0.4 is 25.6 Å². The monoisotopic (exact) mass is 546 g/mol. The van der Waals surface area contributed by atoms with Gasteiger partial charge in [0.15, 0.2) is 0 Å². The summed E-state index contributed by atoms with van der Waals surface area (Å²) >= 11 is 1.46. The third-order valence-corrected chi connectivity index (χ3v) is 8.89. The van der Waals surface area contributed by atoms with Gasteiger partial charge in [-0.25, -0.2) is 9.78 Å². The Morgan fingerprint density at radius 3 is 2.77 bits per heavy atom. The highest BCUT2D eigenvalue weighted by atomic mass is 32.2. The number of nitrogens with one attached hydrogen (secondary N) is 3. The quantitative estimate of drug-likeness (QED) is 0.477. The minimum absolute atomic E-state index is 0.0338. The van der Waals surface area contributed by atoms with Gasteiger partial charge in [-0.1, -0.05) is 36.5 Å². The second kappa shape index (κ2) is 10.7. The van der Waals surface area contributed by atoms with Crippen LogP contribution in [0.15, 0.2) is 71.9 Å². The third-order valence-electron chi connectivity index (χ3n) is 7.54. The van der Waals surface area contributed by atoms with E-state index in [0.29, 0.717) is 41.0 Å². The van der Waals surface area contributed by atoms with E-state index in [0.717, 1.165) is 25.8 Å². The number of para-hydroxylation sites is 1. The molecule has 10 nitrogen and oxygen atoms in total. The molecular weight excluding hydrogens is 516 g/mol. The highest BCUT2D eigenvalue weighted by molar-refractivity contribution is 8.04. The molecule has 0 spiro atoms. The molecule has 0 saturated carbocycles. The van der Waals surface area contributed by atoms with Crippen LogP contribution >= 0.6 is 11.8 Å². The Kier molecular flexibility index (Phi) is 7.01. The third kappa shape index (κ3) is 4.99. The number of hydrogen-bond donors (Lipinski definition) is 3. The first-order chi connectivity index (χ1) is 19.0. The Labute approximate surface area is 230 Å². The number of nitrogens with zero attached hydrogens (tertiary/aromatic N) is 3. The van der Waals surface area contributed by atoms with Crippen LogP contribution in [0.1, 0.15) is 19.3 Å². The van der Waals surface area contributed by atoms with E-state index in [-0.39, 0.29) is 41.2 Å². The number of amides is 4. The molecule has 39 heavy (non-hydrogen) atoms. The Hall–Kier alpha value is -3.83. The topological polar surface area (TPSA) is 116 Å². The number of rotatable bonds is 6. The van der Waals surface area contributed by atoms with E-state index in [1.807, 2.05) is 30.3 Å². The van der Waals surface area contributed by atoms with Gasteiger partial charge in [-0.3, -0.25) is 14.5 Å². The molecule has 3 unspecified atom stereocenters. The Morgan fingerprint density at radius 1 is 1.15 bits per heavy atom. The van der Waals surface area contributed by atoms with E-state index >= 15 is 0 Å². The van der Waals surface area contributed by atoms with E-state index in [9.17, 15) is 14.4 Å². The van der Waals surface area contributed by atoms with Gasteiger partial charge in [0.25, 0.3) is 5.91 Å². The zero-order valence-corrected chi connectivity index (χ0v) is 22.2. The molecular formula is C28H30N6O4S. The molecule has 0 radical (unpaired) electrons. The number of carbonyl (C=O) groups excluding carboxylic acids is 3. The summed E-state index contributed by atoms with van der Waals surface area (Å²) < 4.78 is 5.85. The first kappa shape index (κ1) is 25.4. The van der Waals surface area contributed by atoms with E-state index in [2.05, 4.69) is 27.5 Å². The van der Waals surface area contributed by atoms with Gasteiger partial charge in [0.05, 0.1) is 22.5 Å². The summed E-state index contributed by atoms with van der Waals surface area (Å²) in [7, 11) is 0. The van der Waals surface area contributed by atoms with Crippen LogP contribution in [0, 0.1) is 5.92 Å². The molecule has 0 aliphatic carbocycles. The first-order valence-corrected chi connectivity index (χ1v) is 14.1. The fourth-order valence-electron chi connectivity index (χ4n) is 5.76. The number of urea groups is 1. The summed E-state index contributed by atoms with van der Waals surface area (Å²) in [5.74, 6) is 1.41. The molecule has 3 fully saturated rings. The predicted octanol–water partition coefficient (Wildman–Crippen LogP) is 2.96. The van der Waals surface area contributed by atoms with Gasteiger partial charge in [-0.05, 0) is 56.1 Å². The molecule has 1 aromatic heterocycles. The van der Waals surface area contributed by atoms with E-state index in [1.54, 1.807) is 28.1 Å². The van der Waals surface area contributed by atoms with Crippen LogP contribution in [-0.4, -0.2) is 64.8 Å². The molecule has 1 aromatic carbocycles. The number of hydrogen-bond acceptors (Lipinski definition) is 7. The van der Waals surface area contributed by atoms with Crippen LogP contribution in [0.4, 0.5) is 10.6 Å². The van der Waals surface area contributed by atoms with Crippen LogP contribution in [0.2, 0.25) is 0 Å². The highest BCUT2D eigenvalue weighted by Gasteiger charge is 2.52. The molecule has 2 aromatic rings. The molecule has 5 heterocycles. The molecule has 0 bridgehead atoms. The number of carbonyl (C=O) groups is 3. The number of ether oxygens (including phenoxy) is 1. The van der Waals surface area contributed by atoms with Crippen molar-refractivity contribution in [3.8, 4) is 11.5 Å². The number of anilines is 1. The van der Waals surface area contributed by atoms with Crippen LogP contribution in [0.5, 0.6) is 11.5 Å². The number of piperidine rings is 2. The highest BCUT2D eigenvalue weighted by Crippen LogP contribution is 2.47. The zero-order valence-electron chi connectivity index (χ0n) is 21.3. The lowest BCUT2D eigenvalue weighted by molar-refractivity contribution is -0.128. The van der Waals surface area contributed by atoms with Gasteiger partial charge in [0, 0.05) is 30.7 Å². The number of likely N-dealkylation sites (tertiary alicyclic amines) is 1. The fraction of sp³-hybridized carbons (Fsp3) is 0.357. The van der Waals surface area contributed by atoms with Crippen molar-refractivity contribution in [2.45, 2.75) is 36.7 Å². The summed E-state index contributed by atoms with van der Waals surface area (Å²) in [4.78, 5) is 47.4. The van der Waals surface area contributed by atoms with Gasteiger partial charge in [0.1, 0.15) is 17.3 Å². The SMILES string of the molecule is C=CC(=O)N1CCC[C@@H](NC(=O)C2=C3NC(=O)N(c4ccc(Oc5ccccc5)cn4)C4CCNC(S2)C34)C1. The molecule has 4 aliphatic rings. The Balaban J connectivity index is 1.19. The average Bonchev–Trinajstić information content (AvgIpc) is 3.33. The van der Waals surface area contributed by atoms with Crippen molar-refractivity contribution >= 4 is 35.4 Å². The number of thioether (sulfide) groups is 1. The molecule has 3 N–H and O–H groups in total. The Bertz CT molecular complexity index is 1320. The van der Waals surface area contributed by atoms with Crippen LogP contribution in [0.25, 0.3) is 0 Å². The van der Waals surface area contributed by atoms with E-state index < -0.39 is 0 Å². The normalized spacial score (nSPS) is 26.0. The van der Waals surface area contributed by atoms with Crippen molar-refractivity contribution in [2.75, 3.05) is 24.5 Å². The maximum absolute atomic E-state index is 13.4. The van der Waals surface area contributed by atoms with Crippen molar-refractivity contribution in [3.63, 3.8) is 0 Å². The lowest BCUT2D eigenvalue weighted by Crippen LogP contribution is -2.62. The lowest BCUT2D eigenvalue weighted by atomic mass is 9.86. The summed E-state index contributed by atoms with van der Waals surface area (Å²) in [6, 6.07) is 12.5. The zero-order chi connectivity index (χ0) is 26.9. The van der Waals surface area contributed by atoms with Gasteiger partial charge in [0.2, 0.25) is 5.91 Å². The average molecular weight is 547 g/mol. The molecule has 4 atom stereocenters. The minimum atomic E-state index is -0.302. The summed E-state index contributed by atoms with van der Waals surface area (Å²) in [6.07, 6.45) is 5.26. The predicted molar refractivity (Wildman–Crippen MR) is 148 cm³/mol. The largest absolute Gasteiger partial charge is 0.456 e. The Morgan fingerprint density at radius 2 is 2.00 bits per heavy atom. The maximum Gasteiger partial charge on any atom is 0.327 e. The molecule has 202 valence electrons. The second-order valence-electron chi connectivity index (χ2n) is 9.99. The van der Waals surface area contributed by atoms with Crippen molar-refractivity contribution in [2.24, 2.45) is 5.92 Å². The summed E-state index contributed by atoms with van der Waals surface area (Å²) in [5.41, 5.74) is 0.666. The number of aromatic nitrogens is 1. The molecule has 4 amide bonds. The summed E-state index contributed by atoms with van der Waals surface area (Å²) in [6.45, 7) is 5.40. The van der Waals surface area contributed by atoms with Crippen molar-refractivity contribution in [3.05, 3.63) is 71.9 Å². The molecule has 3 saturated heterocycles. The molecule has 11 heteroatoms. The van der Waals surface area contributed by atoms with Crippen LogP contribution in [-0.2, 0) is 9.59 Å². The second-order valence-corrected chi connectivity index (χ2v) is 11.1. The fourth-order valence-corrected chi connectivity index (χ4v) is 7.16. The minimum Gasteiger partial charge on any atom is -0.456 e. The van der Waals surface area contributed by atoms with Gasteiger partial charge in [-0.15, -0.1) is 0 Å². The smallest absolute Gasteiger partial charge is 0.327 e. The van der Waals surface area contributed by atoms with Gasteiger partial charge < -0.3 is 25.6 Å². The standard InChI is InChI=1S/C28H30N6O4S/c1-2-22(35)33-14-6-7-17(16-33)31-26(36)25-24-23-20(12-13-29-27(23)39-25)34(28(37)32-24)21-11-10-19(15-30-21)38-18-8-4-3-5-9-18/h2-5,8-11,15,17,20,23,27,29H,1,6-7,12-14,16H2,(H,31,36)(H,32,37)/t17-,20?,23?,27?/m1/s1. The van der Waals surface area contributed by atoms with Gasteiger partial charge in [-0.2, -0.15) is 0 Å². The van der Waals surface area contributed by atoms with Crippen molar-refractivity contribution < 1.29 is 19.1 Å². The van der Waals surface area contributed by atoms with Crippen molar-refractivity contribution in [1.82, 2.24) is 25.8 Å². The number of benzene rings is 1. The van der Waals surface area contributed by atoms with Crippen LogP contribution in [0.3, 0.4) is 0 Å². The van der Waals surface area contributed by atoms with E-state index in [1.165, 1.54) is 17.8 Å². The maximum atomic E-state index is 13.4. The molecule has 6 rings (SSSR count). The molecule has 4 aliphatic heterocycles. The van der Waals surface area contributed by atoms with Crippen molar-refractivity contribution in [1.29, 1.82) is 0 Å². The summed E-state index contributed by atoms with van der Waals surface area (Å²) in [5, 5.41) is 9.59. The lowest BCUT2D eigenvalue weighted by Gasteiger charge is -2.45. The number of pyridine rings is 1.